The molecule has 0 radical (unpaired) electrons. The van der Waals surface area contributed by atoms with Crippen LogP contribution in [0.5, 0.6) is 0 Å². The molecule has 2 heteroatoms. The number of carbonyl (C=O) groups is 1. The summed E-state index contributed by atoms with van der Waals surface area (Å²) >= 11 is 0. The van der Waals surface area contributed by atoms with Gasteiger partial charge in [-0.25, -0.2) is 0 Å². The van der Waals surface area contributed by atoms with Gasteiger partial charge in [0, 0.05) is 0 Å². The molecule has 1 fully saturated rings. The lowest BCUT2D eigenvalue weighted by molar-refractivity contribution is -0.150. The fraction of sp³-hybridized carbons (Fsp3) is 0.833. The molecule has 1 aliphatic rings. The van der Waals surface area contributed by atoms with Crippen molar-refractivity contribution in [2.45, 2.75) is 78.1 Å². The topological polar surface area (TPSA) is 26.3 Å². The van der Waals surface area contributed by atoms with Gasteiger partial charge in [-0.2, -0.15) is 0 Å². The maximum absolute atomic E-state index is 12.0. The van der Waals surface area contributed by atoms with E-state index >= 15 is 0 Å². The molecule has 0 aliphatic heterocycles. The first-order valence-electron chi connectivity index (χ1n) is 8.55. The normalized spacial score (nSPS) is 23.1. The van der Waals surface area contributed by atoms with E-state index in [0.717, 1.165) is 25.2 Å². The third kappa shape index (κ3) is 7.12. The molecular formula is C18H32O2. The molecule has 0 aromatic rings. The number of carbonyl (C=O) groups excluding carboxylic acids is 1. The van der Waals surface area contributed by atoms with Gasteiger partial charge in [0.05, 0.1) is 12.5 Å². The summed E-state index contributed by atoms with van der Waals surface area (Å²) in [7, 11) is 0. The second-order valence-corrected chi connectivity index (χ2v) is 6.09. The zero-order valence-corrected chi connectivity index (χ0v) is 13.4. The van der Waals surface area contributed by atoms with Gasteiger partial charge in [0.2, 0.25) is 0 Å². The summed E-state index contributed by atoms with van der Waals surface area (Å²) in [6.07, 6.45) is 16.0. The predicted octanol–water partition coefficient (Wildman–Crippen LogP) is 5.27. The van der Waals surface area contributed by atoms with E-state index < -0.39 is 0 Å². The van der Waals surface area contributed by atoms with Gasteiger partial charge < -0.3 is 4.74 Å². The van der Waals surface area contributed by atoms with E-state index in [2.05, 4.69) is 26.0 Å². The number of allylic oxidation sites excluding steroid dienone is 2. The highest BCUT2D eigenvalue weighted by molar-refractivity contribution is 5.72. The minimum absolute atomic E-state index is 0.0633. The second-order valence-electron chi connectivity index (χ2n) is 6.09. The molecule has 0 heterocycles. The summed E-state index contributed by atoms with van der Waals surface area (Å²) in [6, 6.07) is 0. The van der Waals surface area contributed by atoms with Gasteiger partial charge in [0.25, 0.3) is 0 Å². The Balaban J connectivity index is 2.09. The van der Waals surface area contributed by atoms with Crippen LogP contribution in [0.25, 0.3) is 0 Å². The number of unbranched alkanes of at least 4 members (excludes halogenated alkanes) is 3. The number of hydrogen-bond donors (Lipinski definition) is 0. The number of hydrogen-bond acceptors (Lipinski definition) is 2. The van der Waals surface area contributed by atoms with Gasteiger partial charge in [-0.15, -0.1) is 0 Å². The van der Waals surface area contributed by atoms with E-state index in [1.807, 2.05) is 0 Å². The van der Waals surface area contributed by atoms with Crippen LogP contribution in [0.3, 0.4) is 0 Å². The molecule has 0 aromatic heterocycles. The molecule has 0 atom stereocenters. The Hall–Kier alpha value is -0.790. The second kappa shape index (κ2) is 10.9. The molecule has 1 rings (SSSR count). The van der Waals surface area contributed by atoms with Crippen LogP contribution in [0.1, 0.15) is 78.1 Å². The van der Waals surface area contributed by atoms with E-state index in [4.69, 9.17) is 4.74 Å². The first-order valence-corrected chi connectivity index (χ1v) is 8.55. The monoisotopic (exact) mass is 280 g/mol. The number of esters is 1. The molecule has 0 aromatic carbocycles. The van der Waals surface area contributed by atoms with Crippen molar-refractivity contribution in [1.82, 2.24) is 0 Å². The van der Waals surface area contributed by atoms with Gasteiger partial charge in [0.15, 0.2) is 0 Å². The Morgan fingerprint density at radius 3 is 2.55 bits per heavy atom. The summed E-state index contributed by atoms with van der Waals surface area (Å²) in [5.74, 6) is 1.06. The SMILES string of the molecule is C/C=C/CCC1CCC(C(=O)OCCCCCC)CC1. The Morgan fingerprint density at radius 1 is 1.15 bits per heavy atom. The average molecular weight is 280 g/mol. The Labute approximate surface area is 125 Å². The molecule has 20 heavy (non-hydrogen) atoms. The average Bonchev–Trinajstić information content (AvgIpc) is 2.48. The minimum atomic E-state index is 0.0633. The quantitative estimate of drug-likeness (QED) is 0.326. The lowest BCUT2D eigenvalue weighted by Gasteiger charge is -2.27. The van der Waals surface area contributed by atoms with Crippen molar-refractivity contribution in [3.8, 4) is 0 Å². The third-order valence-corrected chi connectivity index (χ3v) is 4.40. The van der Waals surface area contributed by atoms with E-state index in [1.54, 1.807) is 0 Å². The smallest absolute Gasteiger partial charge is 0.308 e. The lowest BCUT2D eigenvalue weighted by atomic mass is 9.80. The van der Waals surface area contributed by atoms with Crippen LogP contribution < -0.4 is 0 Å². The Bertz CT molecular complexity index is 275. The molecule has 0 spiro atoms. The van der Waals surface area contributed by atoms with Crippen LogP contribution in [0.4, 0.5) is 0 Å². The fourth-order valence-electron chi connectivity index (χ4n) is 3.00. The largest absolute Gasteiger partial charge is 0.465 e. The highest BCUT2D eigenvalue weighted by Gasteiger charge is 2.26. The molecule has 0 saturated heterocycles. The summed E-state index contributed by atoms with van der Waals surface area (Å²) < 4.78 is 5.41. The van der Waals surface area contributed by atoms with Gasteiger partial charge >= 0.3 is 5.97 Å². The van der Waals surface area contributed by atoms with Crippen LogP contribution in [0.15, 0.2) is 12.2 Å². The van der Waals surface area contributed by atoms with E-state index in [9.17, 15) is 4.79 Å². The first-order chi connectivity index (χ1) is 9.77. The molecule has 0 N–H and O–H groups in total. The van der Waals surface area contributed by atoms with E-state index in [1.165, 1.54) is 44.9 Å². The highest BCUT2D eigenvalue weighted by Crippen LogP contribution is 2.32. The van der Waals surface area contributed by atoms with Crippen LogP contribution in [-0.2, 0) is 9.53 Å². The standard InChI is InChI=1S/C18H32O2/c1-3-5-7-9-15-20-18(19)17-13-11-16(12-14-17)10-8-6-4-2/h4,6,16-17H,3,5,7-15H2,1-2H3/b6-4+. The van der Waals surface area contributed by atoms with Crippen molar-refractivity contribution in [2.75, 3.05) is 6.61 Å². The van der Waals surface area contributed by atoms with Crippen LogP contribution >= 0.6 is 0 Å². The molecule has 0 bridgehead atoms. The van der Waals surface area contributed by atoms with Crippen LogP contribution in [0.2, 0.25) is 0 Å². The van der Waals surface area contributed by atoms with Crippen LogP contribution in [0, 0.1) is 11.8 Å². The number of rotatable bonds is 9. The van der Waals surface area contributed by atoms with Gasteiger partial charge in [-0.05, 0) is 57.8 Å². The fourth-order valence-corrected chi connectivity index (χ4v) is 3.00. The summed E-state index contributed by atoms with van der Waals surface area (Å²) in [4.78, 5) is 12.0. The van der Waals surface area contributed by atoms with E-state index in [0.29, 0.717) is 6.61 Å². The number of ether oxygens (including phenoxy) is 1. The maximum atomic E-state index is 12.0. The van der Waals surface area contributed by atoms with Crippen molar-refractivity contribution in [3.05, 3.63) is 12.2 Å². The van der Waals surface area contributed by atoms with Crippen molar-refractivity contribution in [3.63, 3.8) is 0 Å². The van der Waals surface area contributed by atoms with Gasteiger partial charge in [-0.3, -0.25) is 4.79 Å². The van der Waals surface area contributed by atoms with Crippen molar-refractivity contribution in [2.24, 2.45) is 11.8 Å². The van der Waals surface area contributed by atoms with Gasteiger partial charge in [0.1, 0.15) is 0 Å². The van der Waals surface area contributed by atoms with Crippen molar-refractivity contribution < 1.29 is 9.53 Å². The molecular weight excluding hydrogens is 248 g/mol. The summed E-state index contributed by atoms with van der Waals surface area (Å²) in [5, 5.41) is 0. The Morgan fingerprint density at radius 2 is 1.90 bits per heavy atom. The van der Waals surface area contributed by atoms with Gasteiger partial charge in [-0.1, -0.05) is 38.3 Å². The highest BCUT2D eigenvalue weighted by atomic mass is 16.5. The lowest BCUT2D eigenvalue weighted by Crippen LogP contribution is -2.24. The van der Waals surface area contributed by atoms with Crippen molar-refractivity contribution >= 4 is 5.97 Å². The Kier molecular flexibility index (Phi) is 9.44. The molecule has 0 amide bonds. The third-order valence-electron chi connectivity index (χ3n) is 4.40. The summed E-state index contributed by atoms with van der Waals surface area (Å²) in [5.41, 5.74) is 0. The molecule has 1 aliphatic carbocycles. The zero-order chi connectivity index (χ0) is 14.6. The predicted molar refractivity (Wildman–Crippen MR) is 84.6 cm³/mol. The van der Waals surface area contributed by atoms with Crippen LogP contribution in [-0.4, -0.2) is 12.6 Å². The minimum Gasteiger partial charge on any atom is -0.465 e. The zero-order valence-electron chi connectivity index (χ0n) is 13.4. The maximum Gasteiger partial charge on any atom is 0.308 e. The molecule has 1 saturated carbocycles. The molecule has 0 unspecified atom stereocenters. The van der Waals surface area contributed by atoms with E-state index in [-0.39, 0.29) is 11.9 Å². The summed E-state index contributed by atoms with van der Waals surface area (Å²) in [6.45, 7) is 4.90. The molecule has 116 valence electrons. The first kappa shape index (κ1) is 17.3. The van der Waals surface area contributed by atoms with Crippen molar-refractivity contribution in [1.29, 1.82) is 0 Å². The molecule has 2 nitrogen and oxygen atoms in total.